The number of amides is 1. The number of aliphatic carboxylic acids is 1. The van der Waals surface area contributed by atoms with Gasteiger partial charge in [0.1, 0.15) is 12.6 Å². The first-order valence-corrected chi connectivity index (χ1v) is 8.74. The molecule has 1 aromatic heterocycles. The number of nitrogens with one attached hydrogen (secondary N) is 1. The van der Waals surface area contributed by atoms with E-state index in [9.17, 15) is 14.7 Å². The molecule has 0 fully saturated rings. The van der Waals surface area contributed by atoms with E-state index in [2.05, 4.69) is 10.3 Å². The van der Waals surface area contributed by atoms with E-state index in [1.807, 2.05) is 19.1 Å². The summed E-state index contributed by atoms with van der Waals surface area (Å²) in [6, 6.07) is 7.53. The summed E-state index contributed by atoms with van der Waals surface area (Å²) in [6.07, 6.45) is 3.39. The lowest BCUT2D eigenvalue weighted by Gasteiger charge is -2.18. The molecule has 7 heteroatoms. The van der Waals surface area contributed by atoms with E-state index in [4.69, 9.17) is 9.47 Å². The Balaban J connectivity index is 2.15. The van der Waals surface area contributed by atoms with Gasteiger partial charge in [-0.1, -0.05) is 19.9 Å². The van der Waals surface area contributed by atoms with Gasteiger partial charge in [-0.2, -0.15) is 0 Å². The number of carboxylic acid groups (broad SMARTS) is 1. The number of carbonyl (C=O) groups excluding carboxylic acids is 1. The molecule has 1 amide bonds. The maximum Gasteiger partial charge on any atom is 0.326 e. The highest BCUT2D eigenvalue weighted by molar-refractivity contribution is 5.97. The topological polar surface area (TPSA) is 97.8 Å². The van der Waals surface area contributed by atoms with Crippen molar-refractivity contribution < 1.29 is 24.2 Å². The summed E-state index contributed by atoms with van der Waals surface area (Å²) in [5, 5.41) is 11.8. The molecule has 0 radical (unpaired) electrons. The molecule has 1 atom stereocenters. The molecule has 0 bridgehead atoms. The van der Waals surface area contributed by atoms with Crippen LogP contribution in [0.15, 0.2) is 42.7 Å². The van der Waals surface area contributed by atoms with Crippen LogP contribution in [0.3, 0.4) is 0 Å². The number of pyridine rings is 1. The zero-order valence-electron chi connectivity index (χ0n) is 15.6. The van der Waals surface area contributed by atoms with Crippen LogP contribution in [0.5, 0.6) is 11.5 Å². The predicted octanol–water partition coefficient (Wildman–Crippen LogP) is 2.90. The molecular formula is C20H24N2O5. The second-order valence-electron chi connectivity index (χ2n) is 6.28. The highest BCUT2D eigenvalue weighted by atomic mass is 16.5. The highest BCUT2D eigenvalue weighted by Crippen LogP contribution is 2.29. The van der Waals surface area contributed by atoms with Crippen LogP contribution in [0.1, 0.15) is 36.7 Å². The number of aromatic nitrogens is 1. The van der Waals surface area contributed by atoms with Crippen molar-refractivity contribution in [2.24, 2.45) is 5.92 Å². The van der Waals surface area contributed by atoms with Gasteiger partial charge in [0.2, 0.25) is 0 Å². The van der Waals surface area contributed by atoms with E-state index in [1.54, 1.807) is 44.4 Å². The molecule has 2 aromatic rings. The van der Waals surface area contributed by atoms with Gasteiger partial charge in [0, 0.05) is 23.5 Å². The Morgan fingerprint density at radius 2 is 1.96 bits per heavy atom. The van der Waals surface area contributed by atoms with E-state index in [-0.39, 0.29) is 5.92 Å². The number of rotatable bonds is 9. The molecule has 2 rings (SSSR count). The Morgan fingerprint density at radius 3 is 2.56 bits per heavy atom. The summed E-state index contributed by atoms with van der Waals surface area (Å²) in [4.78, 5) is 27.8. The normalized spacial score (nSPS) is 11.7. The van der Waals surface area contributed by atoms with Crippen LogP contribution in [0, 0.1) is 5.92 Å². The molecule has 27 heavy (non-hydrogen) atoms. The third-order valence-electron chi connectivity index (χ3n) is 3.84. The molecule has 0 aliphatic carbocycles. The van der Waals surface area contributed by atoms with Crippen LogP contribution in [0.2, 0.25) is 0 Å². The molecule has 0 saturated heterocycles. The number of hydrogen-bond acceptors (Lipinski definition) is 5. The summed E-state index contributed by atoms with van der Waals surface area (Å²) in [7, 11) is 0. The molecule has 2 N–H and O–H groups in total. The molecule has 0 saturated carbocycles. The quantitative estimate of drug-likeness (QED) is 0.702. The smallest absolute Gasteiger partial charge is 0.326 e. The molecule has 7 nitrogen and oxygen atoms in total. The van der Waals surface area contributed by atoms with Crippen molar-refractivity contribution in [3.05, 3.63) is 53.9 Å². The summed E-state index contributed by atoms with van der Waals surface area (Å²) in [5.41, 5.74) is 1.21. The molecular weight excluding hydrogens is 348 g/mol. The van der Waals surface area contributed by atoms with Crippen molar-refractivity contribution >= 4 is 11.9 Å². The minimum absolute atomic E-state index is 0.236. The SMILES string of the molecule is CCOc1cc(C(=O)N[C@@H](C(=O)O)C(C)C)ccc1OCc1cccnc1. The Bertz CT molecular complexity index is 777. The summed E-state index contributed by atoms with van der Waals surface area (Å²) in [6.45, 7) is 6.02. The maximum atomic E-state index is 12.4. The van der Waals surface area contributed by atoms with Crippen molar-refractivity contribution in [1.82, 2.24) is 10.3 Å². The Kier molecular flexibility index (Phi) is 7.16. The number of carbonyl (C=O) groups is 2. The van der Waals surface area contributed by atoms with Crippen LogP contribution < -0.4 is 14.8 Å². The van der Waals surface area contributed by atoms with Crippen LogP contribution in [0.25, 0.3) is 0 Å². The van der Waals surface area contributed by atoms with E-state index in [0.717, 1.165) is 5.56 Å². The minimum Gasteiger partial charge on any atom is -0.490 e. The molecule has 0 aliphatic heterocycles. The number of benzene rings is 1. The maximum absolute atomic E-state index is 12.4. The summed E-state index contributed by atoms with van der Waals surface area (Å²) < 4.78 is 11.4. The van der Waals surface area contributed by atoms with Crippen molar-refractivity contribution in [2.45, 2.75) is 33.4 Å². The van der Waals surface area contributed by atoms with Gasteiger partial charge in [0.15, 0.2) is 11.5 Å². The number of ether oxygens (including phenoxy) is 2. The van der Waals surface area contributed by atoms with Gasteiger partial charge in [-0.25, -0.2) is 4.79 Å². The summed E-state index contributed by atoms with van der Waals surface area (Å²) in [5.74, 6) is -0.864. The number of nitrogens with zero attached hydrogens (tertiary/aromatic N) is 1. The van der Waals surface area contributed by atoms with Crippen LogP contribution in [0.4, 0.5) is 0 Å². The van der Waals surface area contributed by atoms with Crippen molar-refractivity contribution in [3.63, 3.8) is 0 Å². The molecule has 1 heterocycles. The molecule has 0 aliphatic rings. The van der Waals surface area contributed by atoms with Gasteiger partial charge >= 0.3 is 5.97 Å². The molecule has 0 spiro atoms. The van der Waals surface area contributed by atoms with E-state index in [1.165, 1.54) is 0 Å². The average molecular weight is 372 g/mol. The standard InChI is InChI=1S/C20H24N2O5/c1-4-26-17-10-15(19(23)22-18(13(2)3)20(24)25)7-8-16(17)27-12-14-6-5-9-21-11-14/h5-11,13,18H,4,12H2,1-3H3,(H,22,23)(H,24,25)/t18-/m1/s1. The van der Waals surface area contributed by atoms with Gasteiger partial charge in [-0.3, -0.25) is 9.78 Å². The number of carboxylic acids is 1. The van der Waals surface area contributed by atoms with Gasteiger partial charge in [0.05, 0.1) is 6.61 Å². The first-order chi connectivity index (χ1) is 12.9. The van der Waals surface area contributed by atoms with Crippen molar-refractivity contribution in [3.8, 4) is 11.5 Å². The average Bonchev–Trinajstić information content (AvgIpc) is 2.65. The molecule has 0 unspecified atom stereocenters. The predicted molar refractivity (Wildman–Crippen MR) is 99.9 cm³/mol. The minimum atomic E-state index is -1.07. The van der Waals surface area contributed by atoms with Crippen LogP contribution in [-0.2, 0) is 11.4 Å². The fourth-order valence-corrected chi connectivity index (χ4v) is 2.42. The van der Waals surface area contributed by atoms with E-state index >= 15 is 0 Å². The lowest BCUT2D eigenvalue weighted by Crippen LogP contribution is -2.44. The monoisotopic (exact) mass is 372 g/mol. The first kappa shape index (κ1) is 20.2. The third-order valence-corrected chi connectivity index (χ3v) is 3.84. The fourth-order valence-electron chi connectivity index (χ4n) is 2.42. The summed E-state index contributed by atoms with van der Waals surface area (Å²) >= 11 is 0. The first-order valence-electron chi connectivity index (χ1n) is 8.74. The second kappa shape index (κ2) is 9.56. The van der Waals surface area contributed by atoms with E-state index < -0.39 is 17.9 Å². The van der Waals surface area contributed by atoms with Crippen molar-refractivity contribution in [2.75, 3.05) is 6.61 Å². The van der Waals surface area contributed by atoms with Crippen molar-refractivity contribution in [1.29, 1.82) is 0 Å². The zero-order valence-corrected chi connectivity index (χ0v) is 15.6. The van der Waals surface area contributed by atoms with Gasteiger partial charge in [-0.15, -0.1) is 0 Å². The largest absolute Gasteiger partial charge is 0.490 e. The highest BCUT2D eigenvalue weighted by Gasteiger charge is 2.24. The zero-order chi connectivity index (χ0) is 19.8. The van der Waals surface area contributed by atoms with Crippen LogP contribution in [-0.4, -0.2) is 34.6 Å². The lowest BCUT2D eigenvalue weighted by atomic mass is 10.0. The number of hydrogen-bond donors (Lipinski definition) is 2. The molecule has 144 valence electrons. The third kappa shape index (κ3) is 5.70. The van der Waals surface area contributed by atoms with Crippen LogP contribution >= 0.6 is 0 Å². The molecule has 1 aromatic carbocycles. The fraction of sp³-hybridized carbons (Fsp3) is 0.350. The Labute approximate surface area is 158 Å². The Morgan fingerprint density at radius 1 is 1.19 bits per heavy atom. The Hall–Kier alpha value is -3.09. The second-order valence-corrected chi connectivity index (χ2v) is 6.28. The lowest BCUT2D eigenvalue weighted by molar-refractivity contribution is -0.140. The van der Waals surface area contributed by atoms with Gasteiger partial charge in [-0.05, 0) is 37.1 Å². The van der Waals surface area contributed by atoms with Gasteiger partial charge in [0.25, 0.3) is 5.91 Å². The van der Waals surface area contributed by atoms with E-state index in [0.29, 0.717) is 30.3 Å². The van der Waals surface area contributed by atoms with Gasteiger partial charge < -0.3 is 19.9 Å².